The maximum atomic E-state index is 13.5. The van der Waals surface area contributed by atoms with Crippen LogP contribution in [0.25, 0.3) is 22.1 Å². The fourth-order valence-electron chi connectivity index (χ4n) is 4.10. The summed E-state index contributed by atoms with van der Waals surface area (Å²) in [7, 11) is 2.27. The molecule has 11 nitrogen and oxygen atoms in total. The van der Waals surface area contributed by atoms with Crippen molar-refractivity contribution in [2.24, 2.45) is 5.92 Å². The number of hydrogen-bond donors (Lipinski definition) is 4. The zero-order chi connectivity index (χ0) is 28.3. The summed E-state index contributed by atoms with van der Waals surface area (Å²) in [4.78, 5) is 49.7. The molecule has 4 N–H and O–H groups in total. The Balaban J connectivity index is 2.03. The van der Waals surface area contributed by atoms with Crippen LogP contribution >= 0.6 is 0 Å². The number of phenolic OH excluding ortho intramolecular Hbond substituents is 3. The van der Waals surface area contributed by atoms with Crippen LogP contribution in [0.4, 0.5) is 0 Å². The van der Waals surface area contributed by atoms with E-state index in [1.54, 1.807) is 6.92 Å². The molecule has 38 heavy (non-hydrogen) atoms. The van der Waals surface area contributed by atoms with Crippen molar-refractivity contribution in [2.75, 3.05) is 14.2 Å². The standard InChI is InChI=1S/C27H29NO10/c1-12(2)10-16-21(30)24(33)23(32)20-22(31)19(13(3)38-25(16)20)14-6-8-15(9-7-14)26(34)28-17(27(35)37-5)11-18(29)36-4/h6-9,12,17,30,32-33H,10-11H2,1-5H3,(H,28,34). The molecule has 2 aromatic carbocycles. The summed E-state index contributed by atoms with van der Waals surface area (Å²) in [5.41, 5.74) is 0.108. The lowest BCUT2D eigenvalue weighted by Crippen LogP contribution is -2.43. The van der Waals surface area contributed by atoms with Crippen molar-refractivity contribution in [2.45, 2.75) is 39.7 Å². The Morgan fingerprint density at radius 2 is 1.61 bits per heavy atom. The summed E-state index contributed by atoms with van der Waals surface area (Å²) < 4.78 is 15.1. The number of hydrogen-bond acceptors (Lipinski definition) is 10. The highest BCUT2D eigenvalue weighted by Crippen LogP contribution is 2.45. The third kappa shape index (κ3) is 5.41. The number of ether oxygens (including phenoxy) is 2. The van der Waals surface area contributed by atoms with Gasteiger partial charge in [0.1, 0.15) is 22.8 Å². The summed E-state index contributed by atoms with van der Waals surface area (Å²) in [5.74, 6) is -4.13. The number of esters is 2. The highest BCUT2D eigenvalue weighted by atomic mass is 16.5. The van der Waals surface area contributed by atoms with E-state index in [2.05, 4.69) is 14.8 Å². The molecule has 11 heteroatoms. The molecule has 1 amide bonds. The number of aryl methyl sites for hydroxylation is 1. The number of carbonyl (C=O) groups excluding carboxylic acids is 3. The third-order valence-electron chi connectivity index (χ3n) is 5.97. The van der Waals surface area contributed by atoms with Crippen molar-refractivity contribution in [3.05, 3.63) is 51.4 Å². The molecular formula is C27H29NO10. The summed E-state index contributed by atoms with van der Waals surface area (Å²) in [5, 5.41) is 33.3. The first kappa shape index (κ1) is 28.0. The van der Waals surface area contributed by atoms with E-state index in [9.17, 15) is 34.5 Å². The van der Waals surface area contributed by atoms with E-state index in [-0.39, 0.29) is 45.8 Å². The number of nitrogens with one attached hydrogen (secondary N) is 1. The average molecular weight is 528 g/mol. The molecule has 0 spiro atoms. The van der Waals surface area contributed by atoms with Gasteiger partial charge in [0, 0.05) is 11.1 Å². The number of rotatable bonds is 8. The Bertz CT molecular complexity index is 1450. The van der Waals surface area contributed by atoms with Crippen LogP contribution in [0, 0.1) is 12.8 Å². The normalized spacial score (nSPS) is 11.8. The van der Waals surface area contributed by atoms with Crippen LogP contribution in [-0.2, 0) is 25.5 Å². The van der Waals surface area contributed by atoms with Gasteiger partial charge in [0.05, 0.1) is 26.2 Å². The van der Waals surface area contributed by atoms with Crippen LogP contribution < -0.4 is 10.7 Å². The predicted molar refractivity (Wildman–Crippen MR) is 136 cm³/mol. The molecule has 1 atom stereocenters. The summed E-state index contributed by atoms with van der Waals surface area (Å²) >= 11 is 0. The number of fused-ring (bicyclic) bond motifs is 1. The SMILES string of the molecule is COC(=O)CC(NC(=O)c1ccc(-c2c(C)oc3c(CC(C)C)c(O)c(O)c(O)c3c2=O)cc1)C(=O)OC. The maximum Gasteiger partial charge on any atom is 0.328 e. The molecule has 0 aliphatic heterocycles. The summed E-state index contributed by atoms with van der Waals surface area (Å²) in [6, 6.07) is 4.48. The van der Waals surface area contributed by atoms with Gasteiger partial charge in [0.2, 0.25) is 11.2 Å². The second-order valence-corrected chi connectivity index (χ2v) is 9.10. The number of phenols is 3. The van der Waals surface area contributed by atoms with Gasteiger partial charge in [0.25, 0.3) is 5.91 Å². The Labute approximate surface area is 217 Å². The van der Waals surface area contributed by atoms with Crippen molar-refractivity contribution < 1.29 is 43.6 Å². The minimum absolute atomic E-state index is 0.0202. The zero-order valence-corrected chi connectivity index (χ0v) is 21.6. The van der Waals surface area contributed by atoms with Gasteiger partial charge in [-0.15, -0.1) is 0 Å². The smallest absolute Gasteiger partial charge is 0.328 e. The molecule has 0 aliphatic carbocycles. The largest absolute Gasteiger partial charge is 0.504 e. The topological polar surface area (TPSA) is 173 Å². The van der Waals surface area contributed by atoms with Crippen LogP contribution in [0.2, 0.25) is 0 Å². The molecule has 3 rings (SSSR count). The minimum atomic E-state index is -1.26. The van der Waals surface area contributed by atoms with E-state index < -0.39 is 53.0 Å². The van der Waals surface area contributed by atoms with Crippen molar-refractivity contribution in [3.8, 4) is 28.4 Å². The second kappa shape index (κ2) is 11.2. The quantitative estimate of drug-likeness (QED) is 0.252. The number of amides is 1. The fourth-order valence-corrected chi connectivity index (χ4v) is 4.10. The molecule has 0 radical (unpaired) electrons. The number of methoxy groups -OCH3 is 2. The van der Waals surface area contributed by atoms with E-state index in [1.165, 1.54) is 24.3 Å². The van der Waals surface area contributed by atoms with Gasteiger partial charge >= 0.3 is 11.9 Å². The molecule has 0 saturated heterocycles. The van der Waals surface area contributed by atoms with Crippen LogP contribution in [0.15, 0.2) is 33.5 Å². The van der Waals surface area contributed by atoms with Gasteiger partial charge in [-0.3, -0.25) is 14.4 Å². The van der Waals surface area contributed by atoms with Gasteiger partial charge in [0.15, 0.2) is 11.5 Å². The molecule has 0 aliphatic rings. The molecule has 202 valence electrons. The van der Waals surface area contributed by atoms with Crippen LogP contribution in [-0.4, -0.2) is 53.4 Å². The maximum absolute atomic E-state index is 13.5. The van der Waals surface area contributed by atoms with Gasteiger partial charge in [-0.2, -0.15) is 0 Å². The van der Waals surface area contributed by atoms with Crippen LogP contribution in [0.3, 0.4) is 0 Å². The fraction of sp³-hybridized carbons (Fsp3) is 0.333. The van der Waals surface area contributed by atoms with E-state index >= 15 is 0 Å². The van der Waals surface area contributed by atoms with Crippen molar-refractivity contribution in [3.63, 3.8) is 0 Å². The monoisotopic (exact) mass is 527 g/mol. The Morgan fingerprint density at radius 1 is 0.974 bits per heavy atom. The lowest BCUT2D eigenvalue weighted by Gasteiger charge is -2.16. The van der Waals surface area contributed by atoms with Crippen LogP contribution in [0.5, 0.6) is 17.2 Å². The molecule has 1 heterocycles. The number of benzene rings is 2. The van der Waals surface area contributed by atoms with E-state index in [4.69, 9.17) is 4.42 Å². The summed E-state index contributed by atoms with van der Waals surface area (Å²) in [6.07, 6.45) is -0.140. The molecule has 1 aromatic heterocycles. The zero-order valence-electron chi connectivity index (χ0n) is 21.6. The second-order valence-electron chi connectivity index (χ2n) is 9.10. The Kier molecular flexibility index (Phi) is 8.29. The molecule has 0 bridgehead atoms. The predicted octanol–water partition coefficient (Wildman–Crippen LogP) is 2.92. The Morgan fingerprint density at radius 3 is 2.16 bits per heavy atom. The van der Waals surface area contributed by atoms with Gasteiger partial charge in [-0.05, 0) is 37.0 Å². The van der Waals surface area contributed by atoms with E-state index in [1.807, 2.05) is 13.8 Å². The minimum Gasteiger partial charge on any atom is -0.504 e. The summed E-state index contributed by atoms with van der Waals surface area (Å²) in [6.45, 7) is 5.31. The van der Waals surface area contributed by atoms with Gasteiger partial charge in [-0.1, -0.05) is 26.0 Å². The first-order chi connectivity index (χ1) is 17.9. The van der Waals surface area contributed by atoms with Crippen molar-refractivity contribution in [1.82, 2.24) is 5.32 Å². The first-order valence-corrected chi connectivity index (χ1v) is 11.7. The molecule has 0 saturated carbocycles. The third-order valence-corrected chi connectivity index (χ3v) is 5.97. The molecular weight excluding hydrogens is 498 g/mol. The first-order valence-electron chi connectivity index (χ1n) is 11.7. The Hall–Kier alpha value is -4.54. The van der Waals surface area contributed by atoms with E-state index in [0.717, 1.165) is 14.2 Å². The van der Waals surface area contributed by atoms with Crippen molar-refractivity contribution >= 4 is 28.8 Å². The molecule has 1 unspecified atom stereocenters. The number of aromatic hydroxyl groups is 3. The van der Waals surface area contributed by atoms with Crippen molar-refractivity contribution in [1.29, 1.82) is 0 Å². The average Bonchev–Trinajstić information content (AvgIpc) is 2.88. The molecule has 0 fully saturated rings. The molecule has 3 aromatic rings. The lowest BCUT2D eigenvalue weighted by atomic mass is 9.95. The van der Waals surface area contributed by atoms with E-state index in [0.29, 0.717) is 5.56 Å². The number of carbonyl (C=O) groups is 3. The highest BCUT2D eigenvalue weighted by molar-refractivity contribution is 5.98. The highest BCUT2D eigenvalue weighted by Gasteiger charge is 2.27. The van der Waals surface area contributed by atoms with Gasteiger partial charge < -0.3 is 34.5 Å². The lowest BCUT2D eigenvalue weighted by molar-refractivity contribution is -0.149. The van der Waals surface area contributed by atoms with Gasteiger partial charge in [-0.25, -0.2) is 4.79 Å². The van der Waals surface area contributed by atoms with Crippen LogP contribution in [0.1, 0.15) is 41.9 Å².